The lowest BCUT2D eigenvalue weighted by atomic mass is 10.2. The Morgan fingerprint density at radius 2 is 1.52 bits per heavy atom. The predicted molar refractivity (Wildman–Crippen MR) is 112 cm³/mol. The van der Waals surface area contributed by atoms with E-state index in [0.717, 1.165) is 12.1 Å². The van der Waals surface area contributed by atoms with Gasteiger partial charge in [0.25, 0.3) is 0 Å². The van der Waals surface area contributed by atoms with Crippen LogP contribution in [0.15, 0.2) is 53.4 Å². The zero-order chi connectivity index (χ0) is 19.4. The van der Waals surface area contributed by atoms with Gasteiger partial charge in [-0.1, -0.05) is 77.3 Å². The standard InChI is InChI=1S/C19H19Cl3N2O2S/c20-16-13-18(22)19(14-17(16)21)27(25,26)24-11-9-23(10-12-24)8-4-7-15-5-2-1-3-6-15/h1-7,13-14H,8-12H2/b7-4+. The van der Waals surface area contributed by atoms with Crippen molar-refractivity contribution in [3.05, 3.63) is 69.2 Å². The number of rotatable bonds is 5. The highest BCUT2D eigenvalue weighted by Crippen LogP contribution is 2.33. The van der Waals surface area contributed by atoms with E-state index in [0.29, 0.717) is 26.2 Å². The Balaban J connectivity index is 1.61. The second kappa shape index (κ2) is 8.95. The summed E-state index contributed by atoms with van der Waals surface area (Å²) in [6, 6.07) is 12.7. The zero-order valence-electron chi connectivity index (χ0n) is 14.5. The number of hydrogen-bond donors (Lipinski definition) is 0. The molecule has 1 fully saturated rings. The predicted octanol–water partition coefficient (Wildman–Crippen LogP) is 4.67. The molecule has 0 bridgehead atoms. The Morgan fingerprint density at radius 3 is 2.19 bits per heavy atom. The fraction of sp³-hybridized carbons (Fsp3) is 0.263. The average Bonchev–Trinajstić information content (AvgIpc) is 2.66. The maximum Gasteiger partial charge on any atom is 0.244 e. The van der Waals surface area contributed by atoms with Crippen LogP contribution in [0.2, 0.25) is 15.1 Å². The van der Waals surface area contributed by atoms with Crippen molar-refractivity contribution < 1.29 is 8.42 Å². The maximum absolute atomic E-state index is 12.9. The summed E-state index contributed by atoms with van der Waals surface area (Å²) in [5, 5.41) is 0.484. The summed E-state index contributed by atoms with van der Waals surface area (Å²) in [6.45, 7) is 2.88. The molecule has 0 atom stereocenters. The average molecular weight is 446 g/mol. The molecular weight excluding hydrogens is 427 g/mol. The number of hydrogen-bond acceptors (Lipinski definition) is 3. The van der Waals surface area contributed by atoms with Gasteiger partial charge in [-0.3, -0.25) is 4.90 Å². The summed E-state index contributed by atoms with van der Waals surface area (Å²) >= 11 is 18.0. The van der Waals surface area contributed by atoms with E-state index < -0.39 is 10.0 Å². The third kappa shape index (κ3) is 5.05. The molecule has 0 aliphatic carbocycles. The number of sulfonamides is 1. The van der Waals surface area contributed by atoms with Crippen LogP contribution in [0.3, 0.4) is 0 Å². The molecule has 2 aromatic rings. The molecule has 4 nitrogen and oxygen atoms in total. The fourth-order valence-corrected chi connectivity index (χ4v) is 5.29. The lowest BCUT2D eigenvalue weighted by molar-refractivity contribution is 0.204. The molecule has 8 heteroatoms. The third-order valence-corrected chi connectivity index (χ3v) is 7.48. The molecular formula is C19H19Cl3N2O2S. The maximum atomic E-state index is 12.9. The fourth-order valence-electron chi connectivity index (χ4n) is 2.90. The van der Waals surface area contributed by atoms with Crippen molar-refractivity contribution in [2.24, 2.45) is 0 Å². The Labute approximate surface area is 175 Å². The van der Waals surface area contributed by atoms with E-state index >= 15 is 0 Å². The normalized spacial score (nSPS) is 16.9. The van der Waals surface area contributed by atoms with Crippen molar-refractivity contribution in [1.82, 2.24) is 9.21 Å². The molecule has 0 spiro atoms. The monoisotopic (exact) mass is 444 g/mol. The minimum absolute atomic E-state index is 0.00371. The first-order chi connectivity index (χ1) is 12.9. The van der Waals surface area contributed by atoms with Crippen LogP contribution in [-0.2, 0) is 10.0 Å². The van der Waals surface area contributed by atoms with Crippen molar-refractivity contribution in [1.29, 1.82) is 0 Å². The van der Waals surface area contributed by atoms with Gasteiger partial charge in [-0.2, -0.15) is 4.31 Å². The molecule has 0 saturated carbocycles. The highest BCUT2D eigenvalue weighted by atomic mass is 35.5. The smallest absolute Gasteiger partial charge is 0.244 e. The summed E-state index contributed by atoms with van der Waals surface area (Å²) in [5.74, 6) is 0. The van der Waals surface area contributed by atoms with Crippen LogP contribution in [-0.4, -0.2) is 50.3 Å². The molecule has 3 rings (SSSR count). The molecule has 0 unspecified atom stereocenters. The number of benzene rings is 2. The van der Waals surface area contributed by atoms with Crippen LogP contribution >= 0.6 is 34.8 Å². The summed E-state index contributed by atoms with van der Waals surface area (Å²) in [4.78, 5) is 2.21. The van der Waals surface area contributed by atoms with Crippen LogP contribution in [0.25, 0.3) is 6.08 Å². The molecule has 1 heterocycles. The summed E-state index contributed by atoms with van der Waals surface area (Å²) < 4.78 is 27.2. The van der Waals surface area contributed by atoms with Crippen LogP contribution in [0.5, 0.6) is 0 Å². The molecule has 144 valence electrons. The van der Waals surface area contributed by atoms with Crippen molar-refractivity contribution in [3.63, 3.8) is 0 Å². The molecule has 1 saturated heterocycles. The largest absolute Gasteiger partial charge is 0.297 e. The minimum Gasteiger partial charge on any atom is -0.297 e. The van der Waals surface area contributed by atoms with Crippen molar-refractivity contribution in [2.75, 3.05) is 32.7 Å². The second-order valence-electron chi connectivity index (χ2n) is 6.21. The van der Waals surface area contributed by atoms with Gasteiger partial charge in [0.05, 0.1) is 15.1 Å². The van der Waals surface area contributed by atoms with E-state index in [1.165, 1.54) is 16.4 Å². The molecule has 1 aliphatic heterocycles. The van der Waals surface area contributed by atoms with E-state index in [4.69, 9.17) is 34.8 Å². The van der Waals surface area contributed by atoms with E-state index in [2.05, 4.69) is 17.1 Å². The Morgan fingerprint density at radius 1 is 0.889 bits per heavy atom. The Hall–Kier alpha value is -1.08. The van der Waals surface area contributed by atoms with E-state index in [-0.39, 0.29) is 20.0 Å². The quantitative estimate of drug-likeness (QED) is 0.628. The lowest BCUT2D eigenvalue weighted by Gasteiger charge is -2.33. The van der Waals surface area contributed by atoms with Crippen LogP contribution in [0, 0.1) is 0 Å². The van der Waals surface area contributed by atoms with Crippen molar-refractivity contribution in [3.8, 4) is 0 Å². The van der Waals surface area contributed by atoms with Gasteiger partial charge >= 0.3 is 0 Å². The molecule has 2 aromatic carbocycles. The topological polar surface area (TPSA) is 40.6 Å². The van der Waals surface area contributed by atoms with E-state index in [9.17, 15) is 8.42 Å². The Kier molecular flexibility index (Phi) is 6.84. The summed E-state index contributed by atoms with van der Waals surface area (Å²) in [6.07, 6.45) is 4.16. The van der Waals surface area contributed by atoms with Crippen molar-refractivity contribution in [2.45, 2.75) is 4.90 Å². The molecule has 0 amide bonds. The molecule has 0 N–H and O–H groups in total. The minimum atomic E-state index is -3.71. The van der Waals surface area contributed by atoms with Gasteiger partial charge in [-0.05, 0) is 17.7 Å². The van der Waals surface area contributed by atoms with Gasteiger partial charge < -0.3 is 0 Å². The van der Waals surface area contributed by atoms with E-state index in [1.54, 1.807) is 0 Å². The van der Waals surface area contributed by atoms with Gasteiger partial charge in [0.2, 0.25) is 10.0 Å². The molecule has 1 aliphatic rings. The highest BCUT2D eigenvalue weighted by molar-refractivity contribution is 7.89. The Bertz CT molecular complexity index is 925. The van der Waals surface area contributed by atoms with Crippen LogP contribution in [0.1, 0.15) is 5.56 Å². The number of nitrogens with zero attached hydrogens (tertiary/aromatic N) is 2. The first kappa shape index (κ1) is 20.6. The van der Waals surface area contributed by atoms with Gasteiger partial charge in [0.1, 0.15) is 4.90 Å². The highest BCUT2D eigenvalue weighted by Gasteiger charge is 2.30. The molecule has 27 heavy (non-hydrogen) atoms. The lowest BCUT2D eigenvalue weighted by Crippen LogP contribution is -2.48. The number of piperazine rings is 1. The van der Waals surface area contributed by atoms with Gasteiger partial charge in [-0.25, -0.2) is 8.42 Å². The van der Waals surface area contributed by atoms with Crippen LogP contribution in [0.4, 0.5) is 0 Å². The third-order valence-electron chi connectivity index (χ3n) is 4.40. The second-order valence-corrected chi connectivity index (χ2v) is 9.34. The first-order valence-electron chi connectivity index (χ1n) is 8.46. The van der Waals surface area contributed by atoms with Gasteiger partial charge in [0.15, 0.2) is 0 Å². The van der Waals surface area contributed by atoms with E-state index in [1.807, 2.05) is 30.3 Å². The molecule has 0 aromatic heterocycles. The zero-order valence-corrected chi connectivity index (χ0v) is 17.6. The summed E-state index contributed by atoms with van der Waals surface area (Å²) in [7, 11) is -3.71. The van der Waals surface area contributed by atoms with Gasteiger partial charge in [0, 0.05) is 32.7 Å². The summed E-state index contributed by atoms with van der Waals surface area (Å²) in [5.41, 5.74) is 1.15. The first-order valence-corrected chi connectivity index (χ1v) is 11.0. The van der Waals surface area contributed by atoms with Crippen molar-refractivity contribution >= 4 is 50.9 Å². The SMILES string of the molecule is O=S(=O)(c1cc(Cl)c(Cl)cc1Cl)N1CCN(C/C=C/c2ccccc2)CC1. The van der Waals surface area contributed by atoms with Gasteiger partial charge in [-0.15, -0.1) is 0 Å². The number of halogens is 3. The molecule has 0 radical (unpaired) electrons. The van der Waals surface area contributed by atoms with Crippen LogP contribution < -0.4 is 0 Å².